The van der Waals surface area contributed by atoms with E-state index in [1.165, 1.54) is 12.1 Å². The first kappa shape index (κ1) is 13.2. The Hall–Kier alpha value is -1.79. The van der Waals surface area contributed by atoms with E-state index in [1.807, 2.05) is 11.8 Å². The molecule has 1 saturated heterocycles. The topological polar surface area (TPSA) is 62.4 Å². The molecule has 0 spiro atoms. The monoisotopic (exact) mass is 277 g/mol. The van der Waals surface area contributed by atoms with Crippen molar-refractivity contribution in [3.8, 4) is 11.5 Å². The summed E-state index contributed by atoms with van der Waals surface area (Å²) in [5.41, 5.74) is 0.124. The van der Waals surface area contributed by atoms with Crippen molar-refractivity contribution in [3.05, 3.63) is 36.0 Å². The summed E-state index contributed by atoms with van der Waals surface area (Å²) < 4.78 is 18.4. The smallest absolute Gasteiger partial charge is 0.247 e. The number of aromatic nitrogens is 2. The van der Waals surface area contributed by atoms with E-state index in [4.69, 9.17) is 4.42 Å². The fourth-order valence-corrected chi connectivity index (χ4v) is 2.34. The van der Waals surface area contributed by atoms with E-state index in [-0.39, 0.29) is 5.82 Å². The highest BCUT2D eigenvalue weighted by atomic mass is 19.1. The molecule has 0 bridgehead atoms. The first-order chi connectivity index (χ1) is 9.58. The van der Waals surface area contributed by atoms with Crippen molar-refractivity contribution in [2.75, 3.05) is 13.1 Å². The van der Waals surface area contributed by atoms with Crippen molar-refractivity contribution in [3.63, 3.8) is 0 Å². The highest BCUT2D eigenvalue weighted by Crippen LogP contribution is 2.26. The van der Waals surface area contributed by atoms with E-state index < -0.39 is 5.60 Å². The molecule has 0 aliphatic carbocycles. The van der Waals surface area contributed by atoms with Gasteiger partial charge in [-0.25, -0.2) is 4.39 Å². The van der Waals surface area contributed by atoms with Crippen LogP contribution < -0.4 is 0 Å². The molecule has 1 aromatic heterocycles. The standard InChI is InChI=1S/C14H16FN3O2/c1-2-14(19)8-18(9-14)7-12-16-17-13(20-12)10-3-5-11(15)6-4-10/h3-6,19H,2,7-9H2,1H3. The van der Waals surface area contributed by atoms with Gasteiger partial charge in [0.2, 0.25) is 11.8 Å². The van der Waals surface area contributed by atoms with E-state index >= 15 is 0 Å². The Morgan fingerprint density at radius 2 is 2.00 bits per heavy atom. The number of halogens is 1. The number of β-amino-alcohol motifs (C(OH)–C–C–N with tert-alkyl or cyclic N) is 1. The molecule has 1 fully saturated rings. The Bertz CT molecular complexity index is 591. The number of hydrogen-bond donors (Lipinski definition) is 1. The fourth-order valence-electron chi connectivity index (χ4n) is 2.34. The van der Waals surface area contributed by atoms with Crippen LogP contribution in [-0.4, -0.2) is 38.9 Å². The molecule has 2 aromatic rings. The zero-order valence-corrected chi connectivity index (χ0v) is 11.2. The molecular weight excluding hydrogens is 261 g/mol. The predicted molar refractivity (Wildman–Crippen MR) is 70.2 cm³/mol. The average molecular weight is 277 g/mol. The summed E-state index contributed by atoms with van der Waals surface area (Å²) in [6.45, 7) is 3.74. The SMILES string of the molecule is CCC1(O)CN(Cc2nnc(-c3ccc(F)cc3)o2)C1. The molecule has 0 radical (unpaired) electrons. The molecule has 5 nitrogen and oxygen atoms in total. The second kappa shape index (κ2) is 4.96. The largest absolute Gasteiger partial charge is 0.419 e. The van der Waals surface area contributed by atoms with Gasteiger partial charge in [0.05, 0.1) is 12.1 Å². The zero-order chi connectivity index (χ0) is 14.2. The van der Waals surface area contributed by atoms with Gasteiger partial charge in [0.15, 0.2) is 0 Å². The van der Waals surface area contributed by atoms with Crippen LogP contribution in [0.3, 0.4) is 0 Å². The van der Waals surface area contributed by atoms with Gasteiger partial charge in [-0.05, 0) is 30.7 Å². The summed E-state index contributed by atoms with van der Waals surface area (Å²) in [6.07, 6.45) is 0.744. The number of benzene rings is 1. The molecular formula is C14H16FN3O2. The van der Waals surface area contributed by atoms with Gasteiger partial charge in [-0.1, -0.05) is 6.92 Å². The third-order valence-electron chi connectivity index (χ3n) is 3.61. The van der Waals surface area contributed by atoms with E-state index in [9.17, 15) is 9.50 Å². The molecule has 6 heteroatoms. The highest BCUT2D eigenvalue weighted by molar-refractivity contribution is 5.51. The number of rotatable bonds is 4. The molecule has 1 aliphatic rings. The summed E-state index contributed by atoms with van der Waals surface area (Å²) >= 11 is 0. The molecule has 2 heterocycles. The number of likely N-dealkylation sites (tertiary alicyclic amines) is 1. The van der Waals surface area contributed by atoms with Crippen LogP contribution in [0.5, 0.6) is 0 Å². The molecule has 1 aliphatic heterocycles. The van der Waals surface area contributed by atoms with Crippen LogP contribution in [-0.2, 0) is 6.54 Å². The van der Waals surface area contributed by atoms with Gasteiger partial charge in [-0.2, -0.15) is 0 Å². The first-order valence-electron chi connectivity index (χ1n) is 6.61. The van der Waals surface area contributed by atoms with Gasteiger partial charge in [-0.15, -0.1) is 10.2 Å². The minimum Gasteiger partial charge on any atom is -0.419 e. The van der Waals surface area contributed by atoms with Gasteiger partial charge in [0.25, 0.3) is 0 Å². The van der Waals surface area contributed by atoms with Crippen LogP contribution >= 0.6 is 0 Å². The van der Waals surface area contributed by atoms with Crippen LogP contribution in [0.2, 0.25) is 0 Å². The first-order valence-corrected chi connectivity index (χ1v) is 6.61. The van der Waals surface area contributed by atoms with Crippen molar-refractivity contribution >= 4 is 0 Å². The van der Waals surface area contributed by atoms with Crippen molar-refractivity contribution in [1.29, 1.82) is 0 Å². The van der Waals surface area contributed by atoms with Crippen molar-refractivity contribution < 1.29 is 13.9 Å². The molecule has 0 amide bonds. The van der Waals surface area contributed by atoms with Gasteiger partial charge in [0.1, 0.15) is 5.82 Å². The van der Waals surface area contributed by atoms with Crippen LogP contribution in [0.4, 0.5) is 4.39 Å². The number of hydrogen-bond acceptors (Lipinski definition) is 5. The van der Waals surface area contributed by atoms with Crippen LogP contribution in [0.1, 0.15) is 19.2 Å². The maximum Gasteiger partial charge on any atom is 0.247 e. The third-order valence-corrected chi connectivity index (χ3v) is 3.61. The molecule has 3 rings (SSSR count). The molecule has 0 unspecified atom stereocenters. The predicted octanol–water partition coefficient (Wildman–Crippen LogP) is 1.83. The van der Waals surface area contributed by atoms with E-state index in [0.717, 1.165) is 6.42 Å². The lowest BCUT2D eigenvalue weighted by Gasteiger charge is -2.45. The highest BCUT2D eigenvalue weighted by Gasteiger charge is 2.39. The Labute approximate surface area is 116 Å². The van der Waals surface area contributed by atoms with Crippen molar-refractivity contribution in [1.82, 2.24) is 15.1 Å². The molecule has 106 valence electrons. The van der Waals surface area contributed by atoms with E-state index in [1.54, 1.807) is 12.1 Å². The van der Waals surface area contributed by atoms with Crippen LogP contribution in [0.15, 0.2) is 28.7 Å². The number of nitrogens with zero attached hydrogens (tertiary/aromatic N) is 3. The van der Waals surface area contributed by atoms with Gasteiger partial charge >= 0.3 is 0 Å². The molecule has 1 aromatic carbocycles. The summed E-state index contributed by atoms with van der Waals surface area (Å²) in [4.78, 5) is 2.05. The lowest BCUT2D eigenvalue weighted by Crippen LogP contribution is -2.60. The molecule has 1 N–H and O–H groups in total. The van der Waals surface area contributed by atoms with Crippen molar-refractivity contribution in [2.24, 2.45) is 0 Å². The Morgan fingerprint density at radius 1 is 1.30 bits per heavy atom. The summed E-state index contributed by atoms with van der Waals surface area (Å²) in [7, 11) is 0. The normalized spacial score (nSPS) is 17.9. The maximum absolute atomic E-state index is 12.8. The van der Waals surface area contributed by atoms with Gasteiger partial charge in [0, 0.05) is 18.7 Å². The van der Waals surface area contributed by atoms with Gasteiger partial charge < -0.3 is 9.52 Å². The lowest BCUT2D eigenvalue weighted by atomic mass is 9.91. The molecule has 0 atom stereocenters. The number of aliphatic hydroxyl groups is 1. The lowest BCUT2D eigenvalue weighted by molar-refractivity contribution is -0.105. The fraction of sp³-hybridized carbons (Fsp3) is 0.429. The Kier molecular flexibility index (Phi) is 3.27. The van der Waals surface area contributed by atoms with E-state index in [0.29, 0.717) is 37.0 Å². The van der Waals surface area contributed by atoms with Crippen LogP contribution in [0.25, 0.3) is 11.5 Å². The minimum atomic E-state index is -0.570. The van der Waals surface area contributed by atoms with E-state index in [2.05, 4.69) is 10.2 Å². The summed E-state index contributed by atoms with van der Waals surface area (Å²) in [6, 6.07) is 5.92. The molecule has 20 heavy (non-hydrogen) atoms. The quantitative estimate of drug-likeness (QED) is 0.923. The average Bonchev–Trinajstić information content (AvgIpc) is 2.86. The maximum atomic E-state index is 12.8. The Balaban J connectivity index is 1.64. The Morgan fingerprint density at radius 3 is 2.65 bits per heavy atom. The molecule has 0 saturated carbocycles. The summed E-state index contributed by atoms with van der Waals surface area (Å²) in [5.74, 6) is 0.585. The van der Waals surface area contributed by atoms with Crippen LogP contribution in [0, 0.1) is 5.82 Å². The summed E-state index contributed by atoms with van der Waals surface area (Å²) in [5, 5.41) is 17.9. The van der Waals surface area contributed by atoms with Crippen molar-refractivity contribution in [2.45, 2.75) is 25.5 Å². The second-order valence-corrected chi connectivity index (χ2v) is 5.23. The minimum absolute atomic E-state index is 0.298. The van der Waals surface area contributed by atoms with Gasteiger partial charge in [-0.3, -0.25) is 4.90 Å². The zero-order valence-electron chi connectivity index (χ0n) is 11.2. The third kappa shape index (κ3) is 2.57. The second-order valence-electron chi connectivity index (χ2n) is 5.23.